The maximum Gasteiger partial charge on any atom is 0.248 e. The Bertz CT molecular complexity index is 448. The van der Waals surface area contributed by atoms with Gasteiger partial charge in [-0.3, -0.25) is 4.79 Å². The number of nitrogens with two attached hydrogens (primary N) is 1. The Morgan fingerprint density at radius 2 is 2.29 bits per heavy atom. The summed E-state index contributed by atoms with van der Waals surface area (Å²) >= 11 is 0. The molecule has 1 heterocycles. The van der Waals surface area contributed by atoms with Gasteiger partial charge in [0.25, 0.3) is 0 Å². The Morgan fingerprint density at radius 3 is 2.93 bits per heavy atom. The molecule has 0 unspecified atom stereocenters. The maximum atomic E-state index is 10.9. The van der Waals surface area contributed by atoms with Gasteiger partial charge in [0.05, 0.1) is 0 Å². The van der Waals surface area contributed by atoms with Gasteiger partial charge in [-0.2, -0.15) is 0 Å². The van der Waals surface area contributed by atoms with E-state index in [1.54, 1.807) is 30.6 Å². The highest BCUT2D eigenvalue weighted by Gasteiger charge is 2.03. The summed E-state index contributed by atoms with van der Waals surface area (Å²) < 4.78 is 0. The van der Waals surface area contributed by atoms with Gasteiger partial charge in [0.2, 0.25) is 5.91 Å². The van der Waals surface area contributed by atoms with Crippen LogP contribution in [0, 0.1) is 0 Å². The van der Waals surface area contributed by atoms with Crippen molar-refractivity contribution in [1.82, 2.24) is 9.97 Å². The van der Waals surface area contributed by atoms with E-state index in [1.807, 2.05) is 6.07 Å². The minimum Gasteiger partial charge on any atom is -0.366 e. The summed E-state index contributed by atoms with van der Waals surface area (Å²) in [6, 6.07) is 7.03. The fourth-order valence-electron chi connectivity index (χ4n) is 1.24. The zero-order valence-corrected chi connectivity index (χ0v) is 7.40. The molecule has 0 aliphatic heterocycles. The molecule has 1 amide bonds. The van der Waals surface area contributed by atoms with Gasteiger partial charge in [0, 0.05) is 23.5 Å². The van der Waals surface area contributed by atoms with Crippen LogP contribution in [0.2, 0.25) is 0 Å². The van der Waals surface area contributed by atoms with Gasteiger partial charge in [0.1, 0.15) is 5.82 Å². The fraction of sp³-hybridized carbons (Fsp3) is 0. The summed E-state index contributed by atoms with van der Waals surface area (Å²) in [4.78, 5) is 17.9. The molecule has 0 bridgehead atoms. The highest BCUT2D eigenvalue weighted by Crippen LogP contribution is 2.15. The van der Waals surface area contributed by atoms with Crippen LogP contribution in [0.5, 0.6) is 0 Å². The van der Waals surface area contributed by atoms with Crippen molar-refractivity contribution in [2.24, 2.45) is 5.73 Å². The van der Waals surface area contributed by atoms with Crippen LogP contribution in [0.25, 0.3) is 11.4 Å². The number of aromatic nitrogens is 2. The van der Waals surface area contributed by atoms with E-state index in [1.165, 1.54) is 0 Å². The molecule has 0 fully saturated rings. The first-order valence-electron chi connectivity index (χ1n) is 4.17. The van der Waals surface area contributed by atoms with Crippen LogP contribution in [0.15, 0.2) is 36.7 Å². The lowest BCUT2D eigenvalue weighted by Crippen LogP contribution is -2.10. The molecule has 2 rings (SSSR count). The molecule has 1 aromatic heterocycles. The number of primary amides is 1. The minimum atomic E-state index is -0.432. The molecule has 0 radical (unpaired) electrons. The second kappa shape index (κ2) is 3.33. The largest absolute Gasteiger partial charge is 0.366 e. The molecular formula is C10H9N3O. The molecule has 0 aliphatic rings. The van der Waals surface area contributed by atoms with Crippen LogP contribution in [-0.2, 0) is 0 Å². The van der Waals surface area contributed by atoms with Gasteiger partial charge < -0.3 is 10.7 Å². The van der Waals surface area contributed by atoms with Crippen LogP contribution in [0.1, 0.15) is 10.4 Å². The van der Waals surface area contributed by atoms with Crippen molar-refractivity contribution in [3.63, 3.8) is 0 Å². The van der Waals surface area contributed by atoms with Crippen LogP contribution in [0.4, 0.5) is 0 Å². The van der Waals surface area contributed by atoms with Gasteiger partial charge in [-0.05, 0) is 12.1 Å². The van der Waals surface area contributed by atoms with E-state index in [0.29, 0.717) is 5.56 Å². The molecule has 70 valence electrons. The lowest BCUT2D eigenvalue weighted by atomic mass is 10.1. The number of carbonyl (C=O) groups is 1. The lowest BCUT2D eigenvalue weighted by Gasteiger charge is -1.98. The average molecular weight is 187 g/mol. The van der Waals surface area contributed by atoms with Crippen molar-refractivity contribution in [3.8, 4) is 11.4 Å². The van der Waals surface area contributed by atoms with E-state index < -0.39 is 5.91 Å². The van der Waals surface area contributed by atoms with Gasteiger partial charge in [-0.1, -0.05) is 12.1 Å². The second-order valence-electron chi connectivity index (χ2n) is 2.88. The van der Waals surface area contributed by atoms with E-state index >= 15 is 0 Å². The van der Waals surface area contributed by atoms with Gasteiger partial charge >= 0.3 is 0 Å². The number of aromatic amines is 1. The number of hydrogen-bond donors (Lipinski definition) is 2. The van der Waals surface area contributed by atoms with Crippen LogP contribution in [-0.4, -0.2) is 15.9 Å². The second-order valence-corrected chi connectivity index (χ2v) is 2.88. The van der Waals surface area contributed by atoms with Crippen molar-refractivity contribution in [2.45, 2.75) is 0 Å². The van der Waals surface area contributed by atoms with Gasteiger partial charge in [-0.15, -0.1) is 0 Å². The standard InChI is InChI=1S/C10H9N3O/c11-9(14)7-2-1-3-8(6-7)10-12-4-5-13-10/h1-6H,(H2,11,14)(H,12,13). The molecule has 4 nitrogen and oxygen atoms in total. The third kappa shape index (κ3) is 1.50. The number of hydrogen-bond acceptors (Lipinski definition) is 2. The smallest absolute Gasteiger partial charge is 0.248 e. The summed E-state index contributed by atoms with van der Waals surface area (Å²) in [7, 11) is 0. The zero-order valence-electron chi connectivity index (χ0n) is 7.40. The maximum absolute atomic E-state index is 10.9. The average Bonchev–Trinajstić information content (AvgIpc) is 2.71. The lowest BCUT2D eigenvalue weighted by molar-refractivity contribution is 0.100. The summed E-state index contributed by atoms with van der Waals surface area (Å²) in [6.07, 6.45) is 3.39. The Balaban J connectivity index is 2.46. The number of nitrogens with one attached hydrogen (secondary N) is 1. The Labute approximate surface area is 80.8 Å². The van der Waals surface area contributed by atoms with Gasteiger partial charge in [-0.25, -0.2) is 4.98 Å². The molecule has 3 N–H and O–H groups in total. The molecule has 0 saturated carbocycles. The first kappa shape index (κ1) is 8.50. The van der Waals surface area contributed by atoms with Crippen LogP contribution in [0.3, 0.4) is 0 Å². The molecule has 0 spiro atoms. The number of imidazole rings is 1. The molecule has 0 saturated heterocycles. The molecule has 14 heavy (non-hydrogen) atoms. The third-order valence-corrected chi connectivity index (χ3v) is 1.92. The van der Waals surface area contributed by atoms with E-state index in [4.69, 9.17) is 5.73 Å². The minimum absolute atomic E-state index is 0.432. The number of carbonyl (C=O) groups excluding carboxylic acids is 1. The Hall–Kier alpha value is -2.10. The van der Waals surface area contributed by atoms with Crippen molar-refractivity contribution >= 4 is 5.91 Å². The molecule has 0 aliphatic carbocycles. The summed E-state index contributed by atoms with van der Waals surface area (Å²) in [5.74, 6) is 0.298. The molecular weight excluding hydrogens is 178 g/mol. The first-order valence-corrected chi connectivity index (χ1v) is 4.17. The van der Waals surface area contributed by atoms with Crippen molar-refractivity contribution in [1.29, 1.82) is 0 Å². The topological polar surface area (TPSA) is 71.8 Å². The van der Waals surface area contributed by atoms with Crippen LogP contribution >= 0.6 is 0 Å². The van der Waals surface area contributed by atoms with Gasteiger partial charge in [0.15, 0.2) is 0 Å². The predicted molar refractivity (Wildman–Crippen MR) is 52.5 cm³/mol. The fourth-order valence-corrected chi connectivity index (χ4v) is 1.24. The third-order valence-electron chi connectivity index (χ3n) is 1.92. The van der Waals surface area contributed by atoms with Crippen molar-refractivity contribution in [2.75, 3.05) is 0 Å². The molecule has 1 aromatic carbocycles. The number of nitrogens with zero attached hydrogens (tertiary/aromatic N) is 1. The van der Waals surface area contributed by atoms with E-state index in [-0.39, 0.29) is 0 Å². The number of rotatable bonds is 2. The van der Waals surface area contributed by atoms with Crippen molar-refractivity contribution < 1.29 is 4.79 Å². The summed E-state index contributed by atoms with van der Waals surface area (Å²) in [6.45, 7) is 0. The molecule has 4 heteroatoms. The number of amides is 1. The Morgan fingerprint density at radius 1 is 1.43 bits per heavy atom. The SMILES string of the molecule is NC(=O)c1cccc(-c2ncc[nH]2)c1. The first-order chi connectivity index (χ1) is 6.77. The summed E-state index contributed by atoms with van der Waals surface area (Å²) in [5.41, 5.74) is 6.50. The van der Waals surface area contributed by atoms with Crippen LogP contribution < -0.4 is 5.73 Å². The molecule has 0 atom stereocenters. The highest BCUT2D eigenvalue weighted by atomic mass is 16.1. The van der Waals surface area contributed by atoms with E-state index in [0.717, 1.165) is 11.4 Å². The van der Waals surface area contributed by atoms with Crippen molar-refractivity contribution in [3.05, 3.63) is 42.2 Å². The zero-order chi connectivity index (χ0) is 9.97. The van der Waals surface area contributed by atoms with E-state index in [2.05, 4.69) is 9.97 Å². The normalized spacial score (nSPS) is 10.0. The summed E-state index contributed by atoms with van der Waals surface area (Å²) in [5, 5.41) is 0. The highest BCUT2D eigenvalue weighted by molar-refractivity contribution is 5.93. The molecule has 2 aromatic rings. The number of benzene rings is 1. The monoisotopic (exact) mass is 187 g/mol. The van der Waals surface area contributed by atoms with E-state index in [9.17, 15) is 4.79 Å². The Kier molecular flexibility index (Phi) is 2.02. The quantitative estimate of drug-likeness (QED) is 0.740. The predicted octanol–water partition coefficient (Wildman–Crippen LogP) is 1.18. The number of H-pyrrole nitrogens is 1.